The first-order valence-electron chi connectivity index (χ1n) is 5.86. The molecule has 0 aromatic heterocycles. The van der Waals surface area contributed by atoms with Crippen LogP contribution in [0.1, 0.15) is 18.4 Å². The SMILES string of the molecule is COc1cccc(CCCNC(=O)CCN)c1.Cl. The lowest BCUT2D eigenvalue weighted by atomic mass is 10.1. The van der Waals surface area contributed by atoms with Gasteiger partial charge < -0.3 is 15.8 Å². The molecule has 0 fully saturated rings. The Morgan fingerprint density at radius 3 is 2.89 bits per heavy atom. The van der Waals surface area contributed by atoms with Crippen LogP contribution >= 0.6 is 12.4 Å². The Labute approximate surface area is 114 Å². The number of aryl methyl sites for hydroxylation is 1. The number of hydrogen-bond donors (Lipinski definition) is 2. The second-order valence-electron chi connectivity index (χ2n) is 3.84. The molecule has 0 aliphatic carbocycles. The number of amides is 1. The van der Waals surface area contributed by atoms with Gasteiger partial charge in [0.25, 0.3) is 0 Å². The van der Waals surface area contributed by atoms with Crippen LogP contribution in [0.2, 0.25) is 0 Å². The monoisotopic (exact) mass is 272 g/mol. The summed E-state index contributed by atoms with van der Waals surface area (Å²) in [4.78, 5) is 11.1. The average Bonchev–Trinajstić information content (AvgIpc) is 2.35. The van der Waals surface area contributed by atoms with Gasteiger partial charge in [-0.3, -0.25) is 4.79 Å². The molecule has 0 atom stereocenters. The lowest BCUT2D eigenvalue weighted by Crippen LogP contribution is -2.26. The fourth-order valence-electron chi connectivity index (χ4n) is 1.57. The number of rotatable bonds is 7. The van der Waals surface area contributed by atoms with Gasteiger partial charge in [-0.1, -0.05) is 12.1 Å². The third-order valence-electron chi connectivity index (χ3n) is 2.47. The Balaban J connectivity index is 0.00000289. The molecule has 4 nitrogen and oxygen atoms in total. The van der Waals surface area contributed by atoms with Crippen molar-refractivity contribution in [2.75, 3.05) is 20.2 Å². The number of halogens is 1. The minimum atomic E-state index is 0. The highest BCUT2D eigenvalue weighted by Crippen LogP contribution is 2.13. The standard InChI is InChI=1S/C13H20N2O2.ClH/c1-17-12-6-2-4-11(10-12)5-3-9-15-13(16)7-8-14;/h2,4,6,10H,3,5,7-9,14H2,1H3,(H,15,16);1H. The minimum absolute atomic E-state index is 0. The van der Waals surface area contributed by atoms with Crippen molar-refractivity contribution in [2.24, 2.45) is 5.73 Å². The van der Waals surface area contributed by atoms with E-state index in [2.05, 4.69) is 11.4 Å². The Morgan fingerprint density at radius 2 is 2.22 bits per heavy atom. The van der Waals surface area contributed by atoms with E-state index in [9.17, 15) is 4.79 Å². The second kappa shape index (κ2) is 9.74. The van der Waals surface area contributed by atoms with E-state index in [1.807, 2.05) is 18.2 Å². The number of benzene rings is 1. The Bertz CT molecular complexity index is 359. The first-order valence-corrected chi connectivity index (χ1v) is 5.86. The summed E-state index contributed by atoms with van der Waals surface area (Å²) in [6, 6.07) is 7.97. The summed E-state index contributed by atoms with van der Waals surface area (Å²) in [6.45, 7) is 1.10. The van der Waals surface area contributed by atoms with Crippen molar-refractivity contribution in [1.82, 2.24) is 5.32 Å². The van der Waals surface area contributed by atoms with Gasteiger partial charge in [0, 0.05) is 19.5 Å². The lowest BCUT2D eigenvalue weighted by Gasteiger charge is -2.06. The summed E-state index contributed by atoms with van der Waals surface area (Å²) in [7, 11) is 1.66. The normalized spacial score (nSPS) is 9.44. The first-order chi connectivity index (χ1) is 8.26. The topological polar surface area (TPSA) is 64.3 Å². The molecule has 0 spiro atoms. The average molecular weight is 273 g/mol. The first kappa shape index (κ1) is 16.7. The van der Waals surface area contributed by atoms with E-state index in [-0.39, 0.29) is 18.3 Å². The Kier molecular flexibility index (Phi) is 9.06. The van der Waals surface area contributed by atoms with Crippen molar-refractivity contribution in [2.45, 2.75) is 19.3 Å². The molecule has 1 aromatic carbocycles. The number of hydrogen-bond acceptors (Lipinski definition) is 3. The summed E-state index contributed by atoms with van der Waals surface area (Å²) in [5.74, 6) is 0.896. The molecule has 0 aliphatic rings. The third kappa shape index (κ3) is 6.47. The number of nitrogens with two attached hydrogens (primary N) is 1. The predicted molar refractivity (Wildman–Crippen MR) is 75.2 cm³/mol. The minimum Gasteiger partial charge on any atom is -0.497 e. The molecule has 0 saturated heterocycles. The Hall–Kier alpha value is -1.26. The van der Waals surface area contributed by atoms with Crippen molar-refractivity contribution in [1.29, 1.82) is 0 Å². The highest BCUT2D eigenvalue weighted by molar-refractivity contribution is 5.85. The van der Waals surface area contributed by atoms with Gasteiger partial charge in [0.1, 0.15) is 5.75 Å². The van der Waals surface area contributed by atoms with Crippen LogP contribution in [-0.4, -0.2) is 26.1 Å². The number of ether oxygens (including phenoxy) is 1. The van der Waals surface area contributed by atoms with Crippen molar-refractivity contribution < 1.29 is 9.53 Å². The van der Waals surface area contributed by atoms with Crippen LogP contribution in [0.5, 0.6) is 5.75 Å². The molecule has 1 aromatic rings. The maximum atomic E-state index is 11.1. The van der Waals surface area contributed by atoms with E-state index < -0.39 is 0 Å². The molecular weight excluding hydrogens is 252 g/mol. The molecule has 0 bridgehead atoms. The zero-order valence-corrected chi connectivity index (χ0v) is 11.5. The van der Waals surface area contributed by atoms with E-state index in [1.165, 1.54) is 5.56 Å². The molecule has 1 rings (SSSR count). The van der Waals surface area contributed by atoms with E-state index in [1.54, 1.807) is 7.11 Å². The van der Waals surface area contributed by atoms with E-state index in [4.69, 9.17) is 10.5 Å². The summed E-state index contributed by atoms with van der Waals surface area (Å²) < 4.78 is 5.15. The van der Waals surface area contributed by atoms with Gasteiger partial charge in [0.2, 0.25) is 5.91 Å². The van der Waals surface area contributed by atoms with Gasteiger partial charge in [0.05, 0.1) is 7.11 Å². The zero-order valence-electron chi connectivity index (χ0n) is 10.6. The summed E-state index contributed by atoms with van der Waals surface area (Å²) in [5.41, 5.74) is 6.50. The molecule has 102 valence electrons. The van der Waals surface area contributed by atoms with E-state index >= 15 is 0 Å². The fourth-order valence-corrected chi connectivity index (χ4v) is 1.57. The van der Waals surface area contributed by atoms with Gasteiger partial charge in [-0.15, -0.1) is 12.4 Å². The van der Waals surface area contributed by atoms with Crippen LogP contribution in [-0.2, 0) is 11.2 Å². The highest BCUT2D eigenvalue weighted by Gasteiger charge is 1.99. The summed E-state index contributed by atoms with van der Waals surface area (Å²) in [5, 5.41) is 2.83. The van der Waals surface area contributed by atoms with Crippen LogP contribution in [0.15, 0.2) is 24.3 Å². The number of methoxy groups -OCH3 is 1. The van der Waals surface area contributed by atoms with E-state index in [0.717, 1.165) is 18.6 Å². The molecule has 3 N–H and O–H groups in total. The zero-order chi connectivity index (χ0) is 12.5. The fraction of sp³-hybridized carbons (Fsp3) is 0.462. The molecule has 0 unspecified atom stereocenters. The quantitative estimate of drug-likeness (QED) is 0.740. The third-order valence-corrected chi connectivity index (χ3v) is 2.47. The Morgan fingerprint density at radius 1 is 1.44 bits per heavy atom. The number of carbonyl (C=O) groups is 1. The maximum absolute atomic E-state index is 11.1. The van der Waals surface area contributed by atoms with Gasteiger partial charge in [-0.25, -0.2) is 0 Å². The lowest BCUT2D eigenvalue weighted by molar-refractivity contribution is -0.120. The predicted octanol–water partition coefficient (Wildman–Crippen LogP) is 1.51. The smallest absolute Gasteiger partial charge is 0.221 e. The van der Waals surface area contributed by atoms with Gasteiger partial charge >= 0.3 is 0 Å². The summed E-state index contributed by atoms with van der Waals surface area (Å²) >= 11 is 0. The number of nitrogens with one attached hydrogen (secondary N) is 1. The molecule has 0 radical (unpaired) electrons. The highest BCUT2D eigenvalue weighted by atomic mass is 35.5. The van der Waals surface area contributed by atoms with Crippen LogP contribution in [0, 0.1) is 0 Å². The molecule has 18 heavy (non-hydrogen) atoms. The molecule has 0 heterocycles. The molecule has 0 aliphatic heterocycles. The van der Waals surface area contributed by atoms with Gasteiger partial charge in [-0.05, 0) is 30.5 Å². The molecule has 1 amide bonds. The van der Waals surface area contributed by atoms with Crippen molar-refractivity contribution >= 4 is 18.3 Å². The van der Waals surface area contributed by atoms with Gasteiger partial charge in [0.15, 0.2) is 0 Å². The number of carbonyl (C=O) groups excluding carboxylic acids is 1. The molecule has 5 heteroatoms. The van der Waals surface area contributed by atoms with Crippen LogP contribution in [0.3, 0.4) is 0 Å². The molecule has 0 saturated carbocycles. The van der Waals surface area contributed by atoms with Crippen LogP contribution in [0.4, 0.5) is 0 Å². The van der Waals surface area contributed by atoms with Crippen molar-refractivity contribution in [3.05, 3.63) is 29.8 Å². The van der Waals surface area contributed by atoms with Crippen molar-refractivity contribution in [3.8, 4) is 5.75 Å². The van der Waals surface area contributed by atoms with Crippen LogP contribution in [0.25, 0.3) is 0 Å². The van der Waals surface area contributed by atoms with Crippen molar-refractivity contribution in [3.63, 3.8) is 0 Å². The van der Waals surface area contributed by atoms with Crippen LogP contribution < -0.4 is 15.8 Å². The largest absolute Gasteiger partial charge is 0.497 e. The molecular formula is C13H21ClN2O2. The second-order valence-corrected chi connectivity index (χ2v) is 3.84. The summed E-state index contributed by atoms with van der Waals surface area (Å²) in [6.07, 6.45) is 2.25. The van der Waals surface area contributed by atoms with Gasteiger partial charge in [-0.2, -0.15) is 0 Å². The maximum Gasteiger partial charge on any atom is 0.221 e. The van der Waals surface area contributed by atoms with E-state index in [0.29, 0.717) is 19.5 Å².